The third kappa shape index (κ3) is 2.60. The maximum Gasteiger partial charge on any atom is 0.242 e. The molecule has 94 valence electrons. The number of aromatic nitrogens is 2. The zero-order chi connectivity index (χ0) is 12.3. The van der Waals surface area contributed by atoms with E-state index in [1.807, 2.05) is 0 Å². The molecule has 0 aromatic carbocycles. The average molecular weight is 236 g/mol. The van der Waals surface area contributed by atoms with E-state index in [2.05, 4.69) is 22.2 Å². The molecule has 5 nitrogen and oxygen atoms in total. The lowest BCUT2D eigenvalue weighted by Gasteiger charge is -2.16. The molecular weight excluding hydrogens is 216 g/mol. The summed E-state index contributed by atoms with van der Waals surface area (Å²) in [5, 5.41) is 3.32. The monoisotopic (exact) mass is 236 g/mol. The second-order valence-electron chi connectivity index (χ2n) is 4.75. The molecule has 0 bridgehead atoms. The summed E-state index contributed by atoms with van der Waals surface area (Å²) in [6.07, 6.45) is 6.56. The van der Waals surface area contributed by atoms with Gasteiger partial charge in [0.2, 0.25) is 5.88 Å². The second kappa shape index (κ2) is 4.77. The molecule has 0 spiro atoms. The number of hydrogen-bond donors (Lipinski definition) is 2. The van der Waals surface area contributed by atoms with Crippen LogP contribution in [0, 0.1) is 5.41 Å². The molecule has 0 amide bonds. The second-order valence-corrected chi connectivity index (χ2v) is 4.75. The number of nitrogens with zero attached hydrogens (tertiary/aromatic N) is 2. The van der Waals surface area contributed by atoms with Gasteiger partial charge in [0.1, 0.15) is 12.0 Å². The van der Waals surface area contributed by atoms with Gasteiger partial charge in [-0.2, -0.15) is 4.98 Å². The molecule has 3 N–H and O–H groups in total. The van der Waals surface area contributed by atoms with Crippen molar-refractivity contribution in [3.8, 4) is 5.88 Å². The van der Waals surface area contributed by atoms with Crippen molar-refractivity contribution in [1.82, 2.24) is 9.97 Å². The van der Waals surface area contributed by atoms with Crippen molar-refractivity contribution in [3.63, 3.8) is 0 Å². The van der Waals surface area contributed by atoms with Gasteiger partial charge in [0.15, 0.2) is 5.82 Å². The van der Waals surface area contributed by atoms with E-state index in [9.17, 15) is 0 Å². The Hall–Kier alpha value is -1.52. The first-order valence-corrected chi connectivity index (χ1v) is 6.09. The first-order chi connectivity index (χ1) is 8.21. The summed E-state index contributed by atoms with van der Waals surface area (Å²) in [6.45, 7) is 3.16. The van der Waals surface area contributed by atoms with Gasteiger partial charge in [-0.15, -0.1) is 0 Å². The molecule has 0 saturated heterocycles. The first-order valence-electron chi connectivity index (χ1n) is 6.09. The predicted molar refractivity (Wildman–Crippen MR) is 68.1 cm³/mol. The lowest BCUT2D eigenvalue weighted by molar-refractivity contribution is 0.399. The van der Waals surface area contributed by atoms with Gasteiger partial charge >= 0.3 is 0 Å². The number of ether oxygens (including phenoxy) is 1. The third-order valence-electron chi connectivity index (χ3n) is 3.41. The van der Waals surface area contributed by atoms with Crippen LogP contribution < -0.4 is 15.8 Å². The molecular formula is C12H20N4O. The SMILES string of the molecule is CCCC1(CNc2ncnc(OC)c2N)CC1. The Labute approximate surface area is 102 Å². The molecule has 1 aliphatic rings. The van der Waals surface area contributed by atoms with Gasteiger partial charge in [0, 0.05) is 6.54 Å². The van der Waals surface area contributed by atoms with Crippen LogP contribution in [0.1, 0.15) is 32.6 Å². The highest BCUT2D eigenvalue weighted by Gasteiger charge is 2.41. The van der Waals surface area contributed by atoms with Crippen molar-refractivity contribution >= 4 is 11.5 Å². The Morgan fingerprint density at radius 1 is 1.47 bits per heavy atom. The normalized spacial score (nSPS) is 16.6. The number of methoxy groups -OCH3 is 1. The largest absolute Gasteiger partial charge is 0.479 e. The molecule has 1 aliphatic carbocycles. The van der Waals surface area contributed by atoms with Gasteiger partial charge in [-0.1, -0.05) is 13.3 Å². The molecule has 0 aliphatic heterocycles. The highest BCUT2D eigenvalue weighted by atomic mass is 16.5. The third-order valence-corrected chi connectivity index (χ3v) is 3.41. The molecule has 1 heterocycles. The van der Waals surface area contributed by atoms with Crippen LogP contribution in [0.3, 0.4) is 0 Å². The van der Waals surface area contributed by atoms with E-state index in [0.717, 1.165) is 6.54 Å². The van der Waals surface area contributed by atoms with Gasteiger partial charge in [0.05, 0.1) is 7.11 Å². The van der Waals surface area contributed by atoms with Crippen LogP contribution in [-0.4, -0.2) is 23.6 Å². The van der Waals surface area contributed by atoms with Crippen molar-refractivity contribution in [3.05, 3.63) is 6.33 Å². The van der Waals surface area contributed by atoms with Crippen LogP contribution >= 0.6 is 0 Å². The highest BCUT2D eigenvalue weighted by Crippen LogP contribution is 2.49. The Bertz CT molecular complexity index is 390. The number of hydrogen-bond acceptors (Lipinski definition) is 5. The van der Waals surface area contributed by atoms with Crippen molar-refractivity contribution in [1.29, 1.82) is 0 Å². The van der Waals surface area contributed by atoms with Crippen molar-refractivity contribution in [2.75, 3.05) is 24.7 Å². The number of nitrogen functional groups attached to an aromatic ring is 1. The highest BCUT2D eigenvalue weighted by molar-refractivity contribution is 5.66. The molecule has 1 saturated carbocycles. The average Bonchev–Trinajstić information content (AvgIpc) is 3.09. The van der Waals surface area contributed by atoms with Gasteiger partial charge in [-0.25, -0.2) is 4.98 Å². The van der Waals surface area contributed by atoms with Crippen LogP contribution in [0.15, 0.2) is 6.33 Å². The predicted octanol–water partition coefficient (Wildman–Crippen LogP) is 2.06. The number of rotatable bonds is 6. The molecule has 0 radical (unpaired) electrons. The number of anilines is 2. The first kappa shape index (κ1) is 12.0. The van der Waals surface area contributed by atoms with Gasteiger partial charge in [-0.3, -0.25) is 0 Å². The summed E-state index contributed by atoms with van der Waals surface area (Å²) >= 11 is 0. The molecule has 0 unspecified atom stereocenters. The summed E-state index contributed by atoms with van der Waals surface area (Å²) in [5.74, 6) is 1.11. The Morgan fingerprint density at radius 3 is 2.82 bits per heavy atom. The molecule has 0 atom stereocenters. The van der Waals surface area contributed by atoms with Crippen molar-refractivity contribution in [2.45, 2.75) is 32.6 Å². The van der Waals surface area contributed by atoms with E-state index in [1.165, 1.54) is 32.0 Å². The smallest absolute Gasteiger partial charge is 0.242 e. The maximum absolute atomic E-state index is 5.91. The minimum Gasteiger partial charge on any atom is -0.479 e. The maximum atomic E-state index is 5.91. The van der Waals surface area contributed by atoms with Crippen LogP contribution in [0.4, 0.5) is 11.5 Å². The molecule has 1 aromatic heterocycles. The Kier molecular flexibility index (Phi) is 3.36. The van der Waals surface area contributed by atoms with Gasteiger partial charge < -0.3 is 15.8 Å². The Morgan fingerprint density at radius 2 is 2.24 bits per heavy atom. The zero-order valence-corrected chi connectivity index (χ0v) is 10.5. The Balaban J connectivity index is 1.99. The van der Waals surface area contributed by atoms with Crippen LogP contribution in [-0.2, 0) is 0 Å². The fraction of sp³-hybridized carbons (Fsp3) is 0.667. The molecule has 2 rings (SSSR count). The number of nitrogens with two attached hydrogens (primary N) is 1. The van der Waals surface area contributed by atoms with Crippen molar-refractivity contribution < 1.29 is 4.74 Å². The van der Waals surface area contributed by atoms with Crippen LogP contribution in [0.2, 0.25) is 0 Å². The van der Waals surface area contributed by atoms with E-state index < -0.39 is 0 Å². The van der Waals surface area contributed by atoms with Crippen molar-refractivity contribution in [2.24, 2.45) is 5.41 Å². The van der Waals surface area contributed by atoms with Crippen LogP contribution in [0.5, 0.6) is 5.88 Å². The summed E-state index contributed by atoms with van der Waals surface area (Å²) in [5.41, 5.74) is 6.86. The van der Waals surface area contributed by atoms with E-state index in [1.54, 1.807) is 7.11 Å². The molecule has 17 heavy (non-hydrogen) atoms. The topological polar surface area (TPSA) is 73.1 Å². The summed E-state index contributed by atoms with van der Waals surface area (Å²) in [4.78, 5) is 8.11. The van der Waals surface area contributed by atoms with E-state index in [0.29, 0.717) is 22.8 Å². The van der Waals surface area contributed by atoms with E-state index in [-0.39, 0.29) is 0 Å². The minimum absolute atomic E-state index is 0.433. The van der Waals surface area contributed by atoms with Gasteiger partial charge in [-0.05, 0) is 24.7 Å². The molecule has 5 heteroatoms. The zero-order valence-electron chi connectivity index (χ0n) is 10.5. The lowest BCUT2D eigenvalue weighted by atomic mass is 10.0. The quantitative estimate of drug-likeness (QED) is 0.791. The molecule has 1 fully saturated rings. The number of nitrogens with one attached hydrogen (secondary N) is 1. The standard InChI is InChI=1S/C12H20N4O/c1-3-4-12(5-6-12)7-14-10-9(13)11(17-2)16-8-15-10/h8H,3-7,13H2,1-2H3,(H,14,15,16). The minimum atomic E-state index is 0.433. The lowest BCUT2D eigenvalue weighted by Crippen LogP contribution is -2.17. The summed E-state index contributed by atoms with van der Waals surface area (Å²) < 4.78 is 5.06. The fourth-order valence-electron chi connectivity index (χ4n) is 2.18. The van der Waals surface area contributed by atoms with Crippen LogP contribution in [0.25, 0.3) is 0 Å². The summed E-state index contributed by atoms with van der Waals surface area (Å²) in [6, 6.07) is 0. The fourth-order valence-corrected chi connectivity index (χ4v) is 2.18. The molecule has 1 aromatic rings. The summed E-state index contributed by atoms with van der Waals surface area (Å²) in [7, 11) is 1.56. The van der Waals surface area contributed by atoms with Gasteiger partial charge in [0.25, 0.3) is 0 Å². The van der Waals surface area contributed by atoms with E-state index >= 15 is 0 Å². The van der Waals surface area contributed by atoms with E-state index in [4.69, 9.17) is 10.5 Å².